The van der Waals surface area contributed by atoms with Crippen LogP contribution in [0.4, 0.5) is 13.2 Å². The van der Waals surface area contributed by atoms with Gasteiger partial charge in [-0.2, -0.15) is 13.2 Å². The molecule has 1 spiro atoms. The second-order valence-electron chi connectivity index (χ2n) is 8.33. The SMILES string of the molecule is O=C(NCc1cccc(C(F)(F)F)c1)C1CSC2(CCN(C(=O)c3ccc(Cl)cc3Cl)CC2)N1. The normalized spacial score (nSPS) is 19.9. The van der Waals surface area contributed by atoms with Gasteiger partial charge in [0.15, 0.2) is 0 Å². The largest absolute Gasteiger partial charge is 0.416 e. The second kappa shape index (κ2) is 9.97. The molecule has 0 saturated carbocycles. The van der Waals surface area contributed by atoms with Crippen molar-refractivity contribution < 1.29 is 22.8 Å². The number of hydrogen-bond acceptors (Lipinski definition) is 4. The van der Waals surface area contributed by atoms with E-state index in [1.807, 2.05) is 0 Å². The van der Waals surface area contributed by atoms with Crippen molar-refractivity contribution in [2.45, 2.75) is 36.5 Å². The van der Waals surface area contributed by atoms with E-state index in [2.05, 4.69) is 10.6 Å². The van der Waals surface area contributed by atoms with Gasteiger partial charge in [0.05, 0.1) is 27.1 Å². The summed E-state index contributed by atoms with van der Waals surface area (Å²) in [4.78, 5) is 26.9. The molecule has 34 heavy (non-hydrogen) atoms. The number of amides is 2. The lowest BCUT2D eigenvalue weighted by molar-refractivity contribution is -0.137. The lowest BCUT2D eigenvalue weighted by Crippen LogP contribution is -2.54. The van der Waals surface area contributed by atoms with Gasteiger partial charge in [0.25, 0.3) is 5.91 Å². The first-order chi connectivity index (χ1) is 16.1. The molecular formula is C23H22Cl2F3N3O2S. The molecule has 2 aromatic carbocycles. The maximum atomic E-state index is 12.9. The number of rotatable bonds is 4. The monoisotopic (exact) mass is 531 g/mol. The molecule has 2 aliphatic rings. The third-order valence-electron chi connectivity index (χ3n) is 6.02. The summed E-state index contributed by atoms with van der Waals surface area (Å²) in [5, 5.41) is 6.88. The Morgan fingerprint density at radius 3 is 2.56 bits per heavy atom. The Morgan fingerprint density at radius 1 is 1.15 bits per heavy atom. The van der Waals surface area contributed by atoms with Crippen molar-refractivity contribution in [3.63, 3.8) is 0 Å². The summed E-state index contributed by atoms with van der Waals surface area (Å²) in [6.07, 6.45) is -3.11. The maximum absolute atomic E-state index is 12.9. The molecule has 2 saturated heterocycles. The Morgan fingerprint density at radius 2 is 1.88 bits per heavy atom. The summed E-state index contributed by atoms with van der Waals surface area (Å²) in [6, 6.07) is 9.25. The smallest absolute Gasteiger partial charge is 0.351 e. The highest BCUT2D eigenvalue weighted by Gasteiger charge is 2.44. The van der Waals surface area contributed by atoms with Gasteiger partial charge in [0.1, 0.15) is 0 Å². The molecule has 4 rings (SSSR count). The molecule has 11 heteroatoms. The van der Waals surface area contributed by atoms with Crippen LogP contribution in [0.15, 0.2) is 42.5 Å². The first-order valence-electron chi connectivity index (χ1n) is 10.7. The predicted octanol–water partition coefficient (Wildman–Crippen LogP) is 4.97. The topological polar surface area (TPSA) is 61.4 Å². The number of hydrogen-bond donors (Lipinski definition) is 2. The van der Waals surface area contributed by atoms with Crippen molar-refractivity contribution >= 4 is 46.8 Å². The second-order valence-corrected chi connectivity index (χ2v) is 10.6. The van der Waals surface area contributed by atoms with Gasteiger partial charge in [0, 0.05) is 30.4 Å². The maximum Gasteiger partial charge on any atom is 0.416 e. The van der Waals surface area contributed by atoms with Gasteiger partial charge in [-0.25, -0.2) is 0 Å². The molecule has 1 atom stereocenters. The van der Waals surface area contributed by atoms with Crippen molar-refractivity contribution in [1.82, 2.24) is 15.5 Å². The predicted molar refractivity (Wildman–Crippen MR) is 127 cm³/mol. The van der Waals surface area contributed by atoms with Gasteiger partial charge in [-0.1, -0.05) is 35.3 Å². The van der Waals surface area contributed by atoms with E-state index in [1.165, 1.54) is 6.07 Å². The van der Waals surface area contributed by atoms with Crippen molar-refractivity contribution in [3.05, 3.63) is 69.2 Å². The third kappa shape index (κ3) is 5.64. The fourth-order valence-corrected chi connectivity index (χ4v) is 6.05. The zero-order valence-corrected chi connectivity index (χ0v) is 20.3. The van der Waals surface area contributed by atoms with Crippen LogP contribution in [0.5, 0.6) is 0 Å². The summed E-state index contributed by atoms with van der Waals surface area (Å²) in [5.74, 6) is 0.133. The molecule has 2 aliphatic heterocycles. The standard InChI is InChI=1S/C23H22Cl2F3N3O2S/c24-16-4-5-17(18(25)11-16)21(33)31-8-6-22(7-9-31)30-19(13-34-22)20(32)29-12-14-2-1-3-15(10-14)23(26,27)28/h1-5,10-11,19,30H,6-9,12-13H2,(H,29,32). The average Bonchev–Trinajstić information content (AvgIpc) is 3.21. The number of thioether (sulfide) groups is 1. The quantitative estimate of drug-likeness (QED) is 0.584. The van der Waals surface area contributed by atoms with Crippen LogP contribution in [0.3, 0.4) is 0 Å². The van der Waals surface area contributed by atoms with E-state index in [4.69, 9.17) is 23.2 Å². The van der Waals surface area contributed by atoms with Crippen LogP contribution in [0, 0.1) is 0 Å². The number of halogens is 5. The zero-order valence-electron chi connectivity index (χ0n) is 17.9. The number of nitrogens with one attached hydrogen (secondary N) is 2. The third-order valence-corrected chi connectivity index (χ3v) is 8.15. The molecule has 182 valence electrons. The van der Waals surface area contributed by atoms with Gasteiger partial charge in [-0.3, -0.25) is 14.9 Å². The fourth-order valence-electron chi connectivity index (χ4n) is 4.15. The lowest BCUT2D eigenvalue weighted by atomic mass is 10.0. The summed E-state index contributed by atoms with van der Waals surface area (Å²) in [6.45, 7) is 1.04. The Kier molecular flexibility index (Phi) is 7.38. The first kappa shape index (κ1) is 25.2. The van der Waals surface area contributed by atoms with E-state index >= 15 is 0 Å². The fraction of sp³-hybridized carbons (Fsp3) is 0.391. The van der Waals surface area contributed by atoms with Crippen molar-refractivity contribution in [1.29, 1.82) is 0 Å². The van der Waals surface area contributed by atoms with Gasteiger partial charge < -0.3 is 10.2 Å². The van der Waals surface area contributed by atoms with E-state index in [1.54, 1.807) is 40.9 Å². The highest BCUT2D eigenvalue weighted by atomic mass is 35.5. The van der Waals surface area contributed by atoms with Crippen LogP contribution in [0.1, 0.15) is 34.3 Å². The minimum Gasteiger partial charge on any atom is -0.351 e. The van der Waals surface area contributed by atoms with E-state index in [0.29, 0.717) is 52.9 Å². The number of carbonyl (C=O) groups excluding carboxylic acids is 2. The molecule has 0 bridgehead atoms. The molecule has 2 aromatic rings. The van der Waals surface area contributed by atoms with E-state index in [-0.39, 0.29) is 23.2 Å². The number of benzene rings is 2. The molecule has 1 unspecified atom stereocenters. The van der Waals surface area contributed by atoms with Crippen LogP contribution >= 0.6 is 35.0 Å². The average molecular weight is 532 g/mol. The molecule has 2 fully saturated rings. The van der Waals surface area contributed by atoms with Crippen LogP contribution in [-0.2, 0) is 17.5 Å². The van der Waals surface area contributed by atoms with E-state index in [9.17, 15) is 22.8 Å². The van der Waals surface area contributed by atoms with E-state index in [0.717, 1.165) is 12.1 Å². The minimum atomic E-state index is -4.43. The molecule has 2 N–H and O–H groups in total. The summed E-state index contributed by atoms with van der Waals surface area (Å²) in [7, 11) is 0. The molecule has 2 amide bonds. The first-order valence-corrected chi connectivity index (χ1v) is 12.4. The van der Waals surface area contributed by atoms with Gasteiger partial charge in [-0.15, -0.1) is 11.8 Å². The molecule has 0 aromatic heterocycles. The zero-order chi connectivity index (χ0) is 24.5. The number of nitrogens with zero attached hydrogens (tertiary/aromatic N) is 1. The summed E-state index contributed by atoms with van der Waals surface area (Å²) in [5.41, 5.74) is 0.0473. The molecule has 2 heterocycles. The van der Waals surface area contributed by atoms with Crippen molar-refractivity contribution in [2.24, 2.45) is 0 Å². The molecule has 0 aliphatic carbocycles. The highest BCUT2D eigenvalue weighted by molar-refractivity contribution is 8.01. The Bertz CT molecular complexity index is 1090. The Hall–Kier alpha value is -1.94. The van der Waals surface area contributed by atoms with Gasteiger partial charge in [0.2, 0.25) is 5.91 Å². The molecule has 0 radical (unpaired) electrons. The van der Waals surface area contributed by atoms with Crippen LogP contribution in [0.25, 0.3) is 0 Å². The van der Waals surface area contributed by atoms with Crippen LogP contribution in [-0.4, -0.2) is 46.5 Å². The van der Waals surface area contributed by atoms with Gasteiger partial charge >= 0.3 is 6.18 Å². The van der Waals surface area contributed by atoms with Crippen molar-refractivity contribution in [3.8, 4) is 0 Å². The lowest BCUT2D eigenvalue weighted by Gasteiger charge is -2.39. The minimum absolute atomic E-state index is 0.0166. The number of piperidine rings is 1. The van der Waals surface area contributed by atoms with E-state index < -0.39 is 17.8 Å². The molecule has 5 nitrogen and oxygen atoms in total. The Balaban J connectivity index is 1.30. The summed E-state index contributed by atoms with van der Waals surface area (Å²) < 4.78 is 38.7. The number of likely N-dealkylation sites (tertiary alicyclic amines) is 1. The summed E-state index contributed by atoms with van der Waals surface area (Å²) >= 11 is 13.7. The number of carbonyl (C=O) groups is 2. The highest BCUT2D eigenvalue weighted by Crippen LogP contribution is 2.39. The Labute approximate surface area is 209 Å². The van der Waals surface area contributed by atoms with Gasteiger partial charge in [-0.05, 0) is 48.7 Å². The van der Waals surface area contributed by atoms with Crippen LogP contribution in [0.2, 0.25) is 10.0 Å². The number of alkyl halides is 3. The van der Waals surface area contributed by atoms with Crippen molar-refractivity contribution in [2.75, 3.05) is 18.8 Å². The van der Waals surface area contributed by atoms with Crippen LogP contribution < -0.4 is 10.6 Å². The molecular weight excluding hydrogens is 510 g/mol.